The number of hydrogen-bond acceptors (Lipinski definition) is 7. The summed E-state index contributed by atoms with van der Waals surface area (Å²) in [6.07, 6.45) is 3.58. The Morgan fingerprint density at radius 2 is 1.82 bits per heavy atom. The van der Waals surface area contributed by atoms with Crippen LogP contribution in [0.15, 0.2) is 64.6 Å². The number of carbonyl (C=O) groups is 1. The zero-order chi connectivity index (χ0) is 27.1. The van der Waals surface area contributed by atoms with E-state index in [9.17, 15) is 18.8 Å². The minimum Gasteiger partial charge on any atom is -0.495 e. The molecule has 0 aliphatic heterocycles. The van der Waals surface area contributed by atoms with E-state index in [1.54, 1.807) is 20.4 Å². The Labute approximate surface area is 219 Å². The summed E-state index contributed by atoms with van der Waals surface area (Å²) in [5.74, 6) is -0.561. The zero-order valence-electron chi connectivity index (χ0n) is 21.0. The Kier molecular flexibility index (Phi) is 6.45. The molecule has 3 heterocycles. The predicted octanol–water partition coefficient (Wildman–Crippen LogP) is 4.00. The maximum Gasteiger partial charge on any atom is 0.337 e. The summed E-state index contributed by atoms with van der Waals surface area (Å²) in [6.45, 7) is 3.29. The Bertz CT molecular complexity index is 1810. The Balaban J connectivity index is 1.76. The van der Waals surface area contributed by atoms with Gasteiger partial charge in [-0.3, -0.25) is 14.2 Å². The van der Waals surface area contributed by atoms with Gasteiger partial charge in [-0.25, -0.2) is 18.7 Å². The molecule has 9 nitrogen and oxygen atoms in total. The molecule has 5 rings (SSSR count). The number of nitrogens with zero attached hydrogens (tertiary/aromatic N) is 4. The van der Waals surface area contributed by atoms with Crippen LogP contribution in [0.5, 0.6) is 5.75 Å². The summed E-state index contributed by atoms with van der Waals surface area (Å²) < 4.78 is 28.0. The van der Waals surface area contributed by atoms with Gasteiger partial charge in [0.2, 0.25) is 0 Å². The summed E-state index contributed by atoms with van der Waals surface area (Å²) in [6, 6.07) is 10.6. The molecule has 2 aromatic carbocycles. The fraction of sp³-hybridized carbons (Fsp3) is 0.185. The van der Waals surface area contributed by atoms with Crippen LogP contribution in [0, 0.1) is 19.7 Å². The first-order valence-corrected chi connectivity index (χ1v) is 12.4. The minimum atomic E-state index is -0.726. The molecule has 0 saturated carbocycles. The van der Waals surface area contributed by atoms with Crippen LogP contribution in [0.2, 0.25) is 0 Å². The Morgan fingerprint density at radius 3 is 2.45 bits per heavy atom. The van der Waals surface area contributed by atoms with Crippen LogP contribution in [-0.2, 0) is 16.1 Å². The number of rotatable bonds is 6. The van der Waals surface area contributed by atoms with E-state index in [-0.39, 0.29) is 11.1 Å². The molecule has 0 bridgehead atoms. The van der Waals surface area contributed by atoms with E-state index in [1.807, 2.05) is 35.9 Å². The minimum absolute atomic E-state index is 0.190. The average Bonchev–Trinajstić information content (AvgIpc) is 3.50. The molecule has 5 aromatic rings. The largest absolute Gasteiger partial charge is 0.495 e. The molecule has 0 atom stereocenters. The summed E-state index contributed by atoms with van der Waals surface area (Å²) in [5.41, 5.74) is 1.96. The van der Waals surface area contributed by atoms with Crippen molar-refractivity contribution in [1.29, 1.82) is 0 Å². The van der Waals surface area contributed by atoms with Crippen molar-refractivity contribution in [2.75, 3.05) is 14.2 Å². The van der Waals surface area contributed by atoms with Gasteiger partial charge in [0.1, 0.15) is 22.9 Å². The lowest BCUT2D eigenvalue weighted by Crippen LogP contribution is -2.40. The molecule has 0 N–H and O–H groups in total. The molecule has 3 aromatic heterocycles. The monoisotopic (exact) mass is 534 g/mol. The number of fused-ring (bicyclic) bond motifs is 1. The second-order valence-corrected chi connectivity index (χ2v) is 9.61. The third kappa shape index (κ3) is 4.20. The van der Waals surface area contributed by atoms with Gasteiger partial charge in [0.15, 0.2) is 0 Å². The quantitative estimate of drug-likeness (QED) is 0.306. The van der Waals surface area contributed by atoms with Crippen molar-refractivity contribution in [3.63, 3.8) is 0 Å². The topological polar surface area (TPSA) is 97.3 Å². The first kappa shape index (κ1) is 25.2. The molecule has 0 spiro atoms. The molecule has 0 fully saturated rings. The zero-order valence-corrected chi connectivity index (χ0v) is 21.8. The van der Waals surface area contributed by atoms with Gasteiger partial charge < -0.3 is 14.0 Å². The summed E-state index contributed by atoms with van der Waals surface area (Å²) in [4.78, 5) is 44.8. The molecule has 0 radical (unpaired) electrons. The van der Waals surface area contributed by atoms with E-state index in [2.05, 4.69) is 4.98 Å². The van der Waals surface area contributed by atoms with E-state index in [0.717, 1.165) is 38.5 Å². The maximum absolute atomic E-state index is 13.7. The van der Waals surface area contributed by atoms with Gasteiger partial charge in [-0.2, -0.15) is 0 Å². The van der Waals surface area contributed by atoms with Gasteiger partial charge in [0.05, 0.1) is 43.0 Å². The van der Waals surface area contributed by atoms with Crippen molar-refractivity contribution < 1.29 is 18.7 Å². The number of benzene rings is 2. The van der Waals surface area contributed by atoms with Crippen LogP contribution in [-0.4, -0.2) is 38.9 Å². The van der Waals surface area contributed by atoms with Crippen LogP contribution in [0.4, 0.5) is 4.39 Å². The smallest absolute Gasteiger partial charge is 0.337 e. The van der Waals surface area contributed by atoms with Crippen molar-refractivity contribution in [1.82, 2.24) is 18.7 Å². The summed E-state index contributed by atoms with van der Waals surface area (Å²) >= 11 is 1.22. The number of imidazole rings is 1. The van der Waals surface area contributed by atoms with E-state index >= 15 is 0 Å². The van der Waals surface area contributed by atoms with Crippen molar-refractivity contribution in [2.45, 2.75) is 20.4 Å². The van der Waals surface area contributed by atoms with Crippen molar-refractivity contribution in [3.05, 3.63) is 92.9 Å². The lowest BCUT2D eigenvalue weighted by Gasteiger charge is -2.11. The van der Waals surface area contributed by atoms with E-state index in [0.29, 0.717) is 16.1 Å². The summed E-state index contributed by atoms with van der Waals surface area (Å²) in [5, 5.41) is 0.283. The van der Waals surface area contributed by atoms with Crippen molar-refractivity contribution in [3.8, 4) is 27.6 Å². The number of hydrogen-bond donors (Lipinski definition) is 0. The number of aryl methyl sites for hydroxylation is 2. The number of aromatic nitrogens is 4. The predicted molar refractivity (Wildman–Crippen MR) is 142 cm³/mol. The SMILES string of the molecule is COC(=O)Cn1c(=O)n(-c2ccc(F)cc2)c(=O)c2c(C)c(-c3ccc(-n4cnc(C)c4)c(OC)c3)sc21. The molecular weight excluding hydrogens is 511 g/mol. The molecule has 0 unspecified atom stereocenters. The second kappa shape index (κ2) is 9.75. The molecule has 0 amide bonds. The van der Waals surface area contributed by atoms with Gasteiger partial charge in [-0.1, -0.05) is 6.07 Å². The number of methoxy groups -OCH3 is 2. The van der Waals surface area contributed by atoms with Crippen molar-refractivity contribution in [2.24, 2.45) is 0 Å². The van der Waals surface area contributed by atoms with E-state index in [4.69, 9.17) is 9.47 Å². The van der Waals surface area contributed by atoms with Crippen LogP contribution in [0.25, 0.3) is 32.0 Å². The highest BCUT2D eigenvalue weighted by atomic mass is 32.1. The third-order valence-corrected chi connectivity index (χ3v) is 7.61. The first-order chi connectivity index (χ1) is 18.2. The molecule has 11 heteroatoms. The van der Waals surface area contributed by atoms with Crippen LogP contribution < -0.4 is 16.0 Å². The number of esters is 1. The van der Waals surface area contributed by atoms with Gasteiger partial charge in [0.25, 0.3) is 5.56 Å². The van der Waals surface area contributed by atoms with Crippen LogP contribution in [0.3, 0.4) is 0 Å². The second-order valence-electron chi connectivity index (χ2n) is 8.61. The van der Waals surface area contributed by atoms with Gasteiger partial charge in [0, 0.05) is 11.1 Å². The molecule has 38 heavy (non-hydrogen) atoms. The Hall–Kier alpha value is -4.51. The highest BCUT2D eigenvalue weighted by molar-refractivity contribution is 7.22. The molecule has 0 aliphatic rings. The fourth-order valence-corrected chi connectivity index (χ4v) is 5.65. The standard InChI is InChI=1S/C27H23FN4O5S/c1-15-12-30(14-29-15)20-10-5-17(11-21(20)36-3)24-16(2)23-25(34)32(19-8-6-18(28)7-9-19)27(35)31(26(23)38-24)13-22(33)37-4/h5-12,14H,13H2,1-4H3. The van der Waals surface area contributed by atoms with Gasteiger partial charge >= 0.3 is 11.7 Å². The molecular formula is C27H23FN4O5S. The average molecular weight is 535 g/mol. The lowest BCUT2D eigenvalue weighted by atomic mass is 10.1. The Morgan fingerprint density at radius 1 is 1.08 bits per heavy atom. The normalized spacial score (nSPS) is 11.2. The number of ether oxygens (including phenoxy) is 2. The van der Waals surface area contributed by atoms with Crippen LogP contribution in [0.1, 0.15) is 11.3 Å². The van der Waals surface area contributed by atoms with Crippen molar-refractivity contribution >= 4 is 27.5 Å². The highest BCUT2D eigenvalue weighted by Crippen LogP contribution is 2.39. The van der Waals surface area contributed by atoms with E-state index < -0.39 is 29.6 Å². The lowest BCUT2D eigenvalue weighted by molar-refractivity contribution is -0.141. The number of carbonyl (C=O) groups excluding carboxylic acids is 1. The molecule has 0 saturated heterocycles. The molecule has 194 valence electrons. The van der Waals surface area contributed by atoms with Gasteiger partial charge in [-0.15, -0.1) is 11.3 Å². The van der Waals surface area contributed by atoms with Crippen LogP contribution >= 0.6 is 11.3 Å². The maximum atomic E-state index is 13.7. The van der Waals surface area contributed by atoms with Gasteiger partial charge in [-0.05, 0) is 61.4 Å². The first-order valence-electron chi connectivity index (χ1n) is 11.5. The number of halogens is 1. The van der Waals surface area contributed by atoms with E-state index in [1.165, 1.54) is 35.1 Å². The third-order valence-electron chi connectivity index (χ3n) is 6.24. The number of thiophene rings is 1. The molecule has 0 aliphatic carbocycles. The summed E-state index contributed by atoms with van der Waals surface area (Å²) in [7, 11) is 2.79. The highest BCUT2D eigenvalue weighted by Gasteiger charge is 2.23. The fourth-order valence-electron chi connectivity index (χ4n) is 4.36.